The molecule has 0 radical (unpaired) electrons. The van der Waals surface area contributed by atoms with Gasteiger partial charge in [0.2, 0.25) is 0 Å². The van der Waals surface area contributed by atoms with Gasteiger partial charge in [-0.1, -0.05) is 12.1 Å². The minimum Gasteiger partial charge on any atom is -0.393 e. The monoisotopic (exact) mass is 334 g/mol. The summed E-state index contributed by atoms with van der Waals surface area (Å²) in [6.45, 7) is 2.02. The van der Waals surface area contributed by atoms with Gasteiger partial charge in [0.25, 0.3) is 0 Å². The molecule has 1 aromatic carbocycles. The predicted molar refractivity (Wildman–Crippen MR) is 86.1 cm³/mol. The van der Waals surface area contributed by atoms with E-state index >= 15 is 0 Å². The molecular formula is C16H19BrN2O. The van der Waals surface area contributed by atoms with Crippen LogP contribution in [0.15, 0.2) is 28.7 Å². The van der Waals surface area contributed by atoms with Crippen LogP contribution in [0.4, 0.5) is 5.69 Å². The number of para-hydroxylation sites is 1. The van der Waals surface area contributed by atoms with Gasteiger partial charge in [-0.25, -0.2) is 0 Å². The summed E-state index contributed by atoms with van der Waals surface area (Å²) in [6, 6.07) is 8.73. The first-order valence-corrected chi connectivity index (χ1v) is 7.93. The number of pyridine rings is 1. The summed E-state index contributed by atoms with van der Waals surface area (Å²) in [5.74, 6) is 0. The summed E-state index contributed by atoms with van der Waals surface area (Å²) < 4.78 is 1.03. The summed E-state index contributed by atoms with van der Waals surface area (Å²) in [6.07, 6.45) is 3.72. The summed E-state index contributed by atoms with van der Waals surface area (Å²) in [7, 11) is 0. The quantitative estimate of drug-likeness (QED) is 0.871. The molecule has 106 valence electrons. The van der Waals surface area contributed by atoms with Crippen molar-refractivity contribution in [2.75, 3.05) is 5.32 Å². The molecule has 2 N–H and O–H groups in total. The van der Waals surface area contributed by atoms with Crippen molar-refractivity contribution >= 4 is 32.5 Å². The van der Waals surface area contributed by atoms with Gasteiger partial charge in [0, 0.05) is 27.3 Å². The number of nitrogens with one attached hydrogen (secondary N) is 1. The first-order valence-electron chi connectivity index (χ1n) is 7.14. The van der Waals surface area contributed by atoms with Crippen molar-refractivity contribution in [1.82, 2.24) is 4.98 Å². The molecule has 20 heavy (non-hydrogen) atoms. The lowest BCUT2D eigenvalue weighted by Crippen LogP contribution is -2.28. The Morgan fingerprint density at radius 2 is 2.00 bits per heavy atom. The van der Waals surface area contributed by atoms with Crippen molar-refractivity contribution in [3.05, 3.63) is 34.4 Å². The van der Waals surface area contributed by atoms with Crippen LogP contribution in [-0.4, -0.2) is 22.2 Å². The van der Waals surface area contributed by atoms with Crippen LogP contribution in [0, 0.1) is 6.92 Å². The van der Waals surface area contributed by atoms with Crippen LogP contribution in [0.25, 0.3) is 10.9 Å². The van der Waals surface area contributed by atoms with E-state index in [0.29, 0.717) is 6.04 Å². The zero-order valence-corrected chi connectivity index (χ0v) is 13.2. The molecule has 0 amide bonds. The van der Waals surface area contributed by atoms with E-state index in [-0.39, 0.29) is 6.10 Å². The van der Waals surface area contributed by atoms with Crippen LogP contribution in [0.5, 0.6) is 0 Å². The molecule has 1 aromatic heterocycles. The van der Waals surface area contributed by atoms with Crippen molar-refractivity contribution in [1.29, 1.82) is 0 Å². The molecule has 1 aliphatic rings. The number of aryl methyl sites for hydroxylation is 1. The Kier molecular flexibility index (Phi) is 3.94. The number of fused-ring (bicyclic) bond motifs is 1. The van der Waals surface area contributed by atoms with E-state index in [1.807, 2.05) is 19.1 Å². The van der Waals surface area contributed by atoms with Gasteiger partial charge < -0.3 is 10.4 Å². The summed E-state index contributed by atoms with van der Waals surface area (Å²) in [5.41, 5.74) is 3.17. The average Bonchev–Trinajstić information content (AvgIpc) is 2.42. The Hall–Kier alpha value is -1.13. The van der Waals surface area contributed by atoms with Gasteiger partial charge in [-0.2, -0.15) is 0 Å². The summed E-state index contributed by atoms with van der Waals surface area (Å²) in [4.78, 5) is 4.61. The minimum atomic E-state index is -0.113. The average molecular weight is 335 g/mol. The number of hydrogen-bond donors (Lipinski definition) is 2. The highest BCUT2D eigenvalue weighted by atomic mass is 79.9. The fraction of sp³-hybridized carbons (Fsp3) is 0.438. The molecule has 0 bridgehead atoms. The lowest BCUT2D eigenvalue weighted by molar-refractivity contribution is 0.126. The predicted octanol–water partition coefficient (Wildman–Crippen LogP) is 4.02. The molecule has 0 spiro atoms. The molecular weight excluding hydrogens is 316 g/mol. The molecule has 3 nitrogen and oxygen atoms in total. The normalized spacial score (nSPS) is 22.9. The molecule has 4 heteroatoms. The van der Waals surface area contributed by atoms with E-state index in [2.05, 4.69) is 38.4 Å². The zero-order chi connectivity index (χ0) is 14.1. The second kappa shape index (κ2) is 5.70. The van der Waals surface area contributed by atoms with Crippen molar-refractivity contribution < 1.29 is 5.11 Å². The molecule has 1 saturated carbocycles. The Morgan fingerprint density at radius 3 is 2.75 bits per heavy atom. The molecule has 0 aliphatic heterocycles. The number of aliphatic hydroxyl groups is 1. The van der Waals surface area contributed by atoms with E-state index in [1.165, 1.54) is 0 Å². The molecule has 1 aliphatic carbocycles. The summed E-state index contributed by atoms with van der Waals surface area (Å²) in [5, 5.41) is 14.4. The van der Waals surface area contributed by atoms with Crippen LogP contribution < -0.4 is 5.32 Å². The van der Waals surface area contributed by atoms with E-state index in [4.69, 9.17) is 0 Å². The number of aliphatic hydroxyl groups excluding tert-OH is 1. The number of benzene rings is 1. The molecule has 0 atom stereocenters. The first-order chi connectivity index (χ1) is 9.63. The van der Waals surface area contributed by atoms with Crippen LogP contribution in [-0.2, 0) is 0 Å². The van der Waals surface area contributed by atoms with E-state index in [9.17, 15) is 5.11 Å². The number of aromatic nitrogens is 1. The fourth-order valence-corrected chi connectivity index (χ4v) is 3.36. The van der Waals surface area contributed by atoms with Crippen LogP contribution >= 0.6 is 15.9 Å². The highest BCUT2D eigenvalue weighted by molar-refractivity contribution is 9.10. The number of halogens is 1. The maximum absolute atomic E-state index is 9.60. The Morgan fingerprint density at radius 1 is 1.25 bits per heavy atom. The molecule has 3 rings (SSSR count). The van der Waals surface area contributed by atoms with Crippen molar-refractivity contribution in [3.8, 4) is 0 Å². The lowest BCUT2D eigenvalue weighted by atomic mass is 9.93. The Balaban J connectivity index is 1.93. The van der Waals surface area contributed by atoms with Crippen molar-refractivity contribution in [3.63, 3.8) is 0 Å². The van der Waals surface area contributed by atoms with Gasteiger partial charge in [0.15, 0.2) is 0 Å². The SMILES string of the molecule is Cc1cc(NC2CCC(O)CC2)c2cccc(Br)c2n1. The van der Waals surface area contributed by atoms with E-state index < -0.39 is 0 Å². The van der Waals surface area contributed by atoms with Crippen LogP contribution in [0.2, 0.25) is 0 Å². The van der Waals surface area contributed by atoms with E-state index in [1.54, 1.807) is 0 Å². The van der Waals surface area contributed by atoms with Gasteiger partial charge in [-0.05, 0) is 60.7 Å². The topological polar surface area (TPSA) is 45.1 Å². The van der Waals surface area contributed by atoms with Gasteiger partial charge in [0.05, 0.1) is 11.6 Å². The standard InChI is InChI=1S/C16H19BrN2O/c1-10-9-15(19-11-5-7-12(20)8-6-11)13-3-2-4-14(17)16(13)18-10/h2-4,9,11-12,20H,5-8H2,1H3,(H,18,19). The maximum Gasteiger partial charge on any atom is 0.0867 e. The van der Waals surface area contributed by atoms with Gasteiger partial charge in [-0.3, -0.25) is 4.98 Å². The maximum atomic E-state index is 9.60. The zero-order valence-electron chi connectivity index (χ0n) is 11.6. The third-order valence-electron chi connectivity index (χ3n) is 3.97. The smallest absolute Gasteiger partial charge is 0.0867 e. The van der Waals surface area contributed by atoms with Crippen LogP contribution in [0.1, 0.15) is 31.4 Å². The van der Waals surface area contributed by atoms with Gasteiger partial charge >= 0.3 is 0 Å². The Bertz CT molecular complexity index is 621. The highest BCUT2D eigenvalue weighted by Crippen LogP contribution is 2.31. The number of rotatable bonds is 2. The second-order valence-electron chi connectivity index (χ2n) is 5.60. The third-order valence-corrected chi connectivity index (χ3v) is 4.61. The van der Waals surface area contributed by atoms with Gasteiger partial charge in [-0.15, -0.1) is 0 Å². The molecule has 1 fully saturated rings. The van der Waals surface area contributed by atoms with Crippen molar-refractivity contribution in [2.24, 2.45) is 0 Å². The minimum absolute atomic E-state index is 0.113. The van der Waals surface area contributed by atoms with Crippen LogP contribution in [0.3, 0.4) is 0 Å². The van der Waals surface area contributed by atoms with Crippen molar-refractivity contribution in [2.45, 2.75) is 44.8 Å². The first kappa shape index (κ1) is 13.8. The Labute approximate surface area is 127 Å². The molecule has 0 saturated heterocycles. The highest BCUT2D eigenvalue weighted by Gasteiger charge is 2.20. The van der Waals surface area contributed by atoms with Gasteiger partial charge in [0.1, 0.15) is 0 Å². The third kappa shape index (κ3) is 2.81. The lowest BCUT2D eigenvalue weighted by Gasteiger charge is -2.27. The molecule has 0 unspecified atom stereocenters. The largest absolute Gasteiger partial charge is 0.393 e. The summed E-state index contributed by atoms with van der Waals surface area (Å²) >= 11 is 3.57. The number of hydrogen-bond acceptors (Lipinski definition) is 3. The molecule has 2 aromatic rings. The number of nitrogens with zero attached hydrogens (tertiary/aromatic N) is 1. The number of anilines is 1. The second-order valence-corrected chi connectivity index (χ2v) is 6.45. The van der Waals surface area contributed by atoms with E-state index in [0.717, 1.165) is 52.4 Å². The molecule has 1 heterocycles. The fourth-order valence-electron chi connectivity index (χ4n) is 2.90.